The van der Waals surface area contributed by atoms with Crippen molar-refractivity contribution in [3.05, 3.63) is 82.4 Å². The van der Waals surface area contributed by atoms with Gasteiger partial charge in [-0.1, -0.05) is 41.4 Å². The maximum absolute atomic E-state index is 10.7. The van der Waals surface area contributed by atoms with Crippen LogP contribution in [-0.2, 0) is 0 Å². The van der Waals surface area contributed by atoms with Crippen LogP contribution in [0.15, 0.2) is 74.7 Å². The lowest BCUT2D eigenvalue weighted by molar-refractivity contribution is 0.459. The molecule has 0 aliphatic rings. The fourth-order valence-electron chi connectivity index (χ4n) is 2.54. The van der Waals surface area contributed by atoms with E-state index in [4.69, 9.17) is 32.0 Å². The van der Waals surface area contributed by atoms with Crippen molar-refractivity contribution >= 4 is 45.6 Å². The van der Waals surface area contributed by atoms with E-state index in [-0.39, 0.29) is 11.5 Å². The summed E-state index contributed by atoms with van der Waals surface area (Å²) in [7, 11) is 0. The summed E-state index contributed by atoms with van der Waals surface area (Å²) in [6.45, 7) is 0. The highest BCUT2D eigenvalue weighted by Gasteiger charge is 2.23. The number of nitrogens with zero attached hydrogens (tertiary/aromatic N) is 1. The molecule has 4 rings (SSSR count). The van der Waals surface area contributed by atoms with E-state index in [1.165, 1.54) is 6.26 Å². The minimum Gasteiger partial charge on any atom is -0.504 e. The fraction of sp³-hybridized carbons (Fsp3) is 0. The van der Waals surface area contributed by atoms with Crippen LogP contribution in [0.3, 0.4) is 0 Å². The summed E-state index contributed by atoms with van der Waals surface area (Å²) < 4.78 is 11.3. The molecule has 0 amide bonds. The van der Waals surface area contributed by atoms with Crippen LogP contribution in [-0.4, -0.2) is 10.8 Å². The van der Waals surface area contributed by atoms with Gasteiger partial charge < -0.3 is 13.9 Å². The Bertz CT molecular complexity index is 1070. The summed E-state index contributed by atoms with van der Waals surface area (Å²) in [5.41, 5.74) is 1.39. The van der Waals surface area contributed by atoms with E-state index in [0.29, 0.717) is 38.2 Å². The lowest BCUT2D eigenvalue weighted by Crippen LogP contribution is -2.00. The van der Waals surface area contributed by atoms with Crippen molar-refractivity contribution in [2.24, 2.45) is 4.99 Å². The number of fused-ring (bicyclic) bond motifs is 1. The largest absolute Gasteiger partial charge is 0.504 e. The number of rotatable bonds is 3. The number of furan rings is 2. The number of hydrogen-bond acceptors (Lipinski definition) is 4. The molecular weight excluding hydrogens is 361 g/mol. The molecule has 0 atom stereocenters. The van der Waals surface area contributed by atoms with Crippen molar-refractivity contribution in [2.45, 2.75) is 0 Å². The Morgan fingerprint density at radius 1 is 1.00 bits per heavy atom. The molecule has 4 nitrogen and oxygen atoms in total. The van der Waals surface area contributed by atoms with Gasteiger partial charge in [0.15, 0.2) is 28.6 Å². The summed E-state index contributed by atoms with van der Waals surface area (Å²) in [4.78, 5) is 4.57. The lowest BCUT2D eigenvalue weighted by atomic mass is 10.1. The molecule has 2 aromatic carbocycles. The van der Waals surface area contributed by atoms with Crippen molar-refractivity contribution in [3.8, 4) is 5.75 Å². The molecule has 6 heteroatoms. The molecule has 0 aliphatic carbocycles. The molecule has 4 aromatic rings. The molecule has 0 aliphatic heterocycles. The summed E-state index contributed by atoms with van der Waals surface area (Å²) in [6, 6.07) is 15.9. The number of halogens is 2. The second kappa shape index (κ2) is 6.31. The predicted octanol–water partition coefficient (Wildman–Crippen LogP) is 6.21. The van der Waals surface area contributed by atoms with Crippen molar-refractivity contribution in [3.63, 3.8) is 0 Å². The third kappa shape index (κ3) is 2.90. The van der Waals surface area contributed by atoms with E-state index >= 15 is 0 Å². The molecule has 0 unspecified atom stereocenters. The van der Waals surface area contributed by atoms with Crippen LogP contribution in [0.25, 0.3) is 11.0 Å². The maximum atomic E-state index is 10.7. The maximum Gasteiger partial charge on any atom is 0.199 e. The Morgan fingerprint density at radius 3 is 2.52 bits per heavy atom. The molecule has 1 N–H and O–H groups in total. The molecule has 0 radical (unpaired) electrons. The minimum absolute atomic E-state index is 0.0921. The zero-order valence-corrected chi connectivity index (χ0v) is 14.3. The van der Waals surface area contributed by atoms with Crippen LogP contribution in [0.1, 0.15) is 11.5 Å². The second-order valence-electron chi connectivity index (χ2n) is 5.32. The van der Waals surface area contributed by atoms with Crippen LogP contribution in [0.4, 0.5) is 5.69 Å². The summed E-state index contributed by atoms with van der Waals surface area (Å²) in [5, 5.41) is 11.8. The van der Waals surface area contributed by atoms with E-state index < -0.39 is 0 Å². The van der Waals surface area contributed by atoms with Crippen LogP contribution in [0, 0.1) is 0 Å². The van der Waals surface area contributed by atoms with Gasteiger partial charge in [0, 0.05) is 5.02 Å². The Morgan fingerprint density at radius 2 is 1.80 bits per heavy atom. The molecule has 0 saturated carbocycles. The Hall–Kier alpha value is -2.69. The first kappa shape index (κ1) is 15.8. The average molecular weight is 372 g/mol. The zero-order valence-electron chi connectivity index (χ0n) is 12.7. The molecule has 0 spiro atoms. The third-order valence-corrected chi connectivity index (χ3v) is 4.15. The van der Waals surface area contributed by atoms with Gasteiger partial charge in [0.05, 0.1) is 22.4 Å². The molecule has 0 saturated heterocycles. The van der Waals surface area contributed by atoms with Gasteiger partial charge in [-0.15, -0.1) is 0 Å². The monoisotopic (exact) mass is 371 g/mol. The van der Waals surface area contributed by atoms with Gasteiger partial charge in [0.25, 0.3) is 0 Å². The van der Waals surface area contributed by atoms with Crippen molar-refractivity contribution in [1.82, 2.24) is 0 Å². The van der Waals surface area contributed by atoms with Crippen LogP contribution >= 0.6 is 23.2 Å². The van der Waals surface area contributed by atoms with Gasteiger partial charge in [-0.25, -0.2) is 4.99 Å². The van der Waals surface area contributed by atoms with Crippen molar-refractivity contribution in [2.75, 3.05) is 0 Å². The van der Waals surface area contributed by atoms with Gasteiger partial charge in [0.1, 0.15) is 0 Å². The van der Waals surface area contributed by atoms with Crippen LogP contribution in [0.5, 0.6) is 5.75 Å². The minimum atomic E-state index is -0.0921. The molecule has 25 heavy (non-hydrogen) atoms. The number of hydrogen-bond donors (Lipinski definition) is 1. The number of aliphatic imine (C=N–C) groups is 1. The Kier molecular flexibility index (Phi) is 3.99. The van der Waals surface area contributed by atoms with E-state index in [2.05, 4.69) is 4.99 Å². The van der Waals surface area contributed by atoms with Gasteiger partial charge >= 0.3 is 0 Å². The highest BCUT2D eigenvalue weighted by Crippen LogP contribution is 2.39. The average Bonchev–Trinajstić information content (AvgIpc) is 3.23. The topological polar surface area (TPSA) is 58.9 Å². The van der Waals surface area contributed by atoms with Gasteiger partial charge in [-0.05, 0) is 36.4 Å². The normalized spacial score (nSPS) is 12.0. The van der Waals surface area contributed by atoms with Crippen LogP contribution < -0.4 is 0 Å². The third-order valence-electron chi connectivity index (χ3n) is 3.65. The van der Waals surface area contributed by atoms with Gasteiger partial charge in [0.2, 0.25) is 0 Å². The number of para-hydroxylation sites is 1. The first-order valence-corrected chi connectivity index (χ1v) is 8.17. The molecule has 0 fully saturated rings. The first-order valence-electron chi connectivity index (χ1n) is 7.42. The van der Waals surface area contributed by atoms with Crippen molar-refractivity contribution < 1.29 is 13.9 Å². The highest BCUT2D eigenvalue weighted by molar-refractivity contribution is 6.38. The van der Waals surface area contributed by atoms with Crippen LogP contribution in [0.2, 0.25) is 10.0 Å². The lowest BCUT2D eigenvalue weighted by Gasteiger charge is -2.02. The Labute approximate surface area is 152 Å². The van der Waals surface area contributed by atoms with Gasteiger partial charge in [-0.3, -0.25) is 0 Å². The second-order valence-corrected chi connectivity index (χ2v) is 6.16. The quantitative estimate of drug-likeness (QED) is 0.435. The summed E-state index contributed by atoms with van der Waals surface area (Å²) in [5.74, 6) is 0.531. The summed E-state index contributed by atoms with van der Waals surface area (Å²) in [6.07, 6.45) is 1.53. The standard InChI is InChI=1S/C19H11Cl2NO3/c20-11-9-13-17(23)19(25-18(13)14(21)10-11)16(15-7-4-8-24-15)22-12-5-2-1-3-6-12/h1-10,23H. The van der Waals surface area contributed by atoms with E-state index in [0.717, 1.165) is 0 Å². The molecule has 2 heterocycles. The van der Waals surface area contributed by atoms with E-state index in [1.54, 1.807) is 24.3 Å². The molecular formula is C19H11Cl2NO3. The zero-order chi connectivity index (χ0) is 17.4. The van der Waals surface area contributed by atoms with Gasteiger partial charge in [-0.2, -0.15) is 0 Å². The number of aromatic hydroxyl groups is 1. The highest BCUT2D eigenvalue weighted by atomic mass is 35.5. The molecule has 0 bridgehead atoms. The first-order chi connectivity index (χ1) is 12.1. The van der Waals surface area contributed by atoms with E-state index in [1.807, 2.05) is 30.3 Å². The predicted molar refractivity (Wildman–Crippen MR) is 98.3 cm³/mol. The number of benzene rings is 2. The SMILES string of the molecule is Oc1c(C(=Nc2ccccc2)c2ccco2)oc2c(Cl)cc(Cl)cc12. The Balaban J connectivity index is 1.98. The van der Waals surface area contributed by atoms with Crippen molar-refractivity contribution in [1.29, 1.82) is 0 Å². The fourth-order valence-corrected chi connectivity index (χ4v) is 3.07. The molecule has 124 valence electrons. The molecule has 2 aromatic heterocycles. The van der Waals surface area contributed by atoms with E-state index in [9.17, 15) is 5.11 Å². The smallest absolute Gasteiger partial charge is 0.199 e. The summed E-state index contributed by atoms with van der Waals surface area (Å²) >= 11 is 12.2.